The summed E-state index contributed by atoms with van der Waals surface area (Å²) in [7, 11) is -0.250. The monoisotopic (exact) mass is 144 g/mol. The molecular formula is C8H32. The van der Waals surface area contributed by atoms with Crippen molar-refractivity contribution in [2.45, 2.75) is 44.5 Å². The van der Waals surface area contributed by atoms with Gasteiger partial charge in [0.25, 0.3) is 0 Å². The van der Waals surface area contributed by atoms with Crippen LogP contribution in [0.1, 0.15) is 56.0 Å². The van der Waals surface area contributed by atoms with E-state index in [9.17, 15) is 0 Å². The van der Waals surface area contributed by atoms with E-state index < -0.39 is 0 Å². The van der Waals surface area contributed by atoms with E-state index in [0.717, 1.165) is 0 Å². The van der Waals surface area contributed by atoms with Gasteiger partial charge in [0.15, 0.2) is 0 Å². The van der Waals surface area contributed by atoms with Gasteiger partial charge in [-0.25, -0.2) is 0 Å². The largest absolute Gasteiger partial charge is 0.124 e. The first-order valence-electron chi connectivity index (χ1n) is 4.20. The Morgan fingerprint density at radius 2 is 1.25 bits per heavy atom. The first-order valence-corrected chi connectivity index (χ1v) is 0.289. The Balaban J connectivity index is -0.00000000338. The lowest BCUT2D eigenvalue weighted by Crippen LogP contribution is -0.576. The van der Waals surface area contributed by atoms with Crippen molar-refractivity contribution in [2.75, 3.05) is 0 Å². The van der Waals surface area contributed by atoms with Crippen molar-refractivity contribution in [3.63, 3.8) is 0 Å². The second kappa shape index (κ2) is 1050. The Labute approximate surface area is 70.2 Å². The predicted molar refractivity (Wildman–Crippen MR) is 56.6 cm³/mol. The summed E-state index contributed by atoms with van der Waals surface area (Å²) >= 11 is 0. The second-order valence-corrected chi connectivity index (χ2v) is 0. The van der Waals surface area contributed by atoms with E-state index in [1.165, 1.54) is 6.40 Å². The van der Waals surface area contributed by atoms with Crippen LogP contribution in [0.2, 0.25) is 0 Å². The van der Waals surface area contributed by atoms with Crippen LogP contribution in [0.25, 0.3) is 0 Å². The van der Waals surface area contributed by atoms with E-state index in [-0.39, 0.29) is 45.9 Å². The van der Waals surface area contributed by atoms with Crippen LogP contribution in [0.4, 0.5) is 0 Å². The molecule has 0 nitrogen and oxygen atoms in total. The first kappa shape index (κ1) is 10.5. The first-order chi connectivity index (χ1) is 4.83. The molecule has 0 amide bonds. The average molecular weight is 144 g/mol. The molecule has 0 radical (unpaired) electrons. The molecule has 0 bridgehead atoms. The highest BCUT2D eigenvalue weighted by Crippen LogP contribution is 0.579. The van der Waals surface area contributed by atoms with Gasteiger partial charge in [-0.3, -0.25) is 0 Å². The molecule has 0 aliphatic heterocycles. The van der Waals surface area contributed by atoms with Gasteiger partial charge in [0.1, 0.15) is 1.37 Å². The van der Waals surface area contributed by atoms with E-state index in [1.54, 1.807) is 0 Å². The van der Waals surface area contributed by atoms with Crippen molar-refractivity contribution in [2.24, 2.45) is 0 Å². The topological polar surface area (TPSA) is 0 Å². The van der Waals surface area contributed by atoms with Crippen molar-refractivity contribution < 1.29 is 11.5 Å². The molecule has 0 heteroatoms. The van der Waals surface area contributed by atoms with Crippen LogP contribution in [-0.2, 0) is 0 Å². The van der Waals surface area contributed by atoms with Crippen molar-refractivity contribution in [1.29, 1.82) is 0 Å². The van der Waals surface area contributed by atoms with Crippen LogP contribution in [-0.4, -0.2) is 0 Å². The molecule has 0 N–H and O–H groups in total. The summed E-state index contributed by atoms with van der Waals surface area (Å²) in [5, 5.41) is 0. The van der Waals surface area contributed by atoms with E-state index in [2.05, 4.69) is 6.42 Å². The van der Waals surface area contributed by atoms with E-state index in [4.69, 9.17) is 10.1 Å². The van der Waals surface area contributed by atoms with Crippen molar-refractivity contribution in [1.82, 2.24) is 0 Å². The van der Waals surface area contributed by atoms with Gasteiger partial charge in [-0.1, -0.05) is 44.5 Å². The van der Waals surface area contributed by atoms with Gasteiger partial charge in [0.2, 0.25) is 0 Å². The van der Waals surface area contributed by atoms with Gasteiger partial charge in [0, 0.05) is 10.1 Å². The predicted octanol–water partition coefficient (Wildman–Crippen LogP) is 4.80. The molecule has 0 saturated carbocycles. The Kier molecular flexibility index (Phi) is 1380. The summed E-state index contributed by atoms with van der Waals surface area (Å²) < 4.78 is 37.5. The third-order valence-electron chi connectivity index (χ3n) is 0. The van der Waals surface area contributed by atoms with Gasteiger partial charge < -0.3 is 0 Å². The summed E-state index contributed by atoms with van der Waals surface area (Å²) in [6.07, 6.45) is 5.76. The van der Waals surface area contributed by atoms with Gasteiger partial charge in [-0.15, -0.1) is 12.8 Å². The lowest BCUT2D eigenvalue weighted by atomic mass is 11.4. The Hall–Kier alpha value is -0.440. The van der Waals surface area contributed by atoms with Crippen molar-refractivity contribution in [3.8, 4) is 12.8 Å². The van der Waals surface area contributed by atoms with Crippen LogP contribution in [0, 0.1) is 12.8 Å². The van der Waals surface area contributed by atoms with E-state index in [0.29, 0.717) is 0 Å². The lowest BCUT2D eigenvalue weighted by Gasteiger charge is -0.701. The molecular weight excluding hydrogens is 96.1 g/mol. The molecule has 0 spiro atoms. The van der Waals surface area contributed by atoms with Gasteiger partial charge >= 0.3 is 0 Å². The molecule has 0 rings (SSSR count). The van der Waals surface area contributed by atoms with Crippen molar-refractivity contribution >= 4 is 0 Å². The molecule has 64 valence electrons. The van der Waals surface area contributed by atoms with Gasteiger partial charge in [-0.2, -0.15) is 0 Å². The summed E-state index contributed by atoms with van der Waals surface area (Å²) in [5.41, 5.74) is 0. The quantitative estimate of drug-likeness (QED) is 0.428. The fourth-order valence-corrected chi connectivity index (χ4v) is 0. The minimum atomic E-state index is -0.250. The lowest BCUT2D eigenvalue weighted by molar-refractivity contribution is 2.50. The average Bonchev–Trinajstić information content (AvgIpc) is 1.99. The number of hydrogen-bond donors (Lipinski definition) is 0. The van der Waals surface area contributed by atoms with Crippen LogP contribution >= 0.6 is 0 Å². The fraction of sp³-hybridized carbons (Fsp3) is 0.750. The zero-order chi connectivity index (χ0) is 9.41. The molecule has 0 aromatic heterocycles. The minimum Gasteiger partial charge on any atom is -0.124 e. The minimum absolute atomic E-state index is 0. The molecule has 0 aromatic rings. The molecule has 0 saturated heterocycles. The fourth-order valence-electron chi connectivity index (χ4n) is 0. The third kappa shape index (κ3) is 597. The number of terminal acetylenes is 1. The molecule has 0 unspecified atom stereocenters. The Morgan fingerprint density at radius 3 is 1.25 bits per heavy atom. The second-order valence-electron chi connectivity index (χ2n) is 0. The SMILES string of the molecule is C.C.C.C.C.[3HH].[3H]C#C.[3H]C[3H].[3H][3H].[3H][3H]. The van der Waals surface area contributed by atoms with Crippen LogP contribution < -0.4 is 0 Å². The summed E-state index contributed by atoms with van der Waals surface area (Å²) in [6, 6.07) is 0. The zero-order valence-corrected chi connectivity index (χ0v) is 1.78. The maximum Gasteiger partial charge on any atom is 0.124 e. The molecule has 0 atom stereocenters. The molecule has 0 aliphatic carbocycles. The zero-order valence-electron chi connectivity index (χ0n) is 8.78. The van der Waals surface area contributed by atoms with Gasteiger partial charge in [0.05, 0.1) is 0 Å². The molecule has 0 heterocycles. The summed E-state index contributed by atoms with van der Waals surface area (Å²) in [5.74, 6) is 0. The highest BCUT2D eigenvalue weighted by Gasteiger charge is 0.454. The standard InChI is InChI=1S/C2H2.6CH4.3H2/c1-2;;;;;;;;;/h1-2H;6*1H4;3*1H/i1T;1T2;;;;;;2*1+2T;1+2. The van der Waals surface area contributed by atoms with Crippen LogP contribution in [0.15, 0.2) is 0 Å². The molecule has 8 heavy (non-hydrogen) atoms. The molecule has 0 aromatic carbocycles. The summed E-state index contributed by atoms with van der Waals surface area (Å²) in [4.78, 5) is 0. The highest BCUT2D eigenvalue weighted by molar-refractivity contribution is 4.47. The van der Waals surface area contributed by atoms with E-state index in [1.807, 2.05) is 0 Å². The Morgan fingerprint density at radius 1 is 1.25 bits per heavy atom. The normalized spacial score (nSPS) is 5.62. The van der Waals surface area contributed by atoms with E-state index >= 15 is 0 Å². The maximum absolute atomic E-state index is 5.88. The highest BCUT2D eigenvalue weighted by atomic mass is 12.6. The Bertz CT molecular complexity index is 45.8. The molecule has 0 aliphatic rings. The van der Waals surface area contributed by atoms with Crippen LogP contribution in [0.3, 0.4) is 0 Å². The summed E-state index contributed by atoms with van der Waals surface area (Å²) in [6.45, 7) is 0. The number of rotatable bonds is 0. The van der Waals surface area contributed by atoms with Gasteiger partial charge in [-0.05, 0) is 0 Å². The van der Waals surface area contributed by atoms with Crippen molar-refractivity contribution in [3.05, 3.63) is 0 Å². The van der Waals surface area contributed by atoms with Crippen LogP contribution in [0.5, 0.6) is 0 Å². The molecule has 0 fully saturated rings. The number of hydrogen-bond acceptors (Lipinski definition) is 0. The maximum atomic E-state index is 5.88. The third-order valence-corrected chi connectivity index (χ3v) is 0. The smallest absolute Gasteiger partial charge is 0.124 e.